The summed E-state index contributed by atoms with van der Waals surface area (Å²) >= 11 is 0. The first kappa shape index (κ1) is 13.4. The van der Waals surface area contributed by atoms with E-state index in [2.05, 4.69) is 5.43 Å². The van der Waals surface area contributed by atoms with Crippen molar-refractivity contribution in [3.05, 3.63) is 35.4 Å². The lowest BCUT2D eigenvalue weighted by Crippen LogP contribution is -2.43. The quantitative estimate of drug-likeness (QED) is 0.864. The number of halogens is 2. The fourth-order valence-electron chi connectivity index (χ4n) is 2.15. The average Bonchev–Trinajstić information content (AvgIpc) is 2.37. The summed E-state index contributed by atoms with van der Waals surface area (Å²) in [4.78, 5) is 0. The van der Waals surface area contributed by atoms with E-state index < -0.39 is 17.7 Å². The maximum atomic E-state index is 13.4. The molecule has 18 heavy (non-hydrogen) atoms. The molecule has 1 aliphatic rings. The number of benzene rings is 1. The SMILES string of the molecule is OC(CNN1CCCCC1)c1ccc(F)cc1F. The molecule has 2 N–H and O–H groups in total. The highest BCUT2D eigenvalue weighted by Gasteiger charge is 2.15. The minimum absolute atomic E-state index is 0.126. The largest absolute Gasteiger partial charge is 0.387 e. The molecule has 0 aromatic heterocycles. The number of nitrogens with one attached hydrogen (secondary N) is 1. The maximum absolute atomic E-state index is 13.4. The van der Waals surface area contributed by atoms with E-state index in [-0.39, 0.29) is 12.1 Å². The molecule has 0 saturated carbocycles. The van der Waals surface area contributed by atoms with Crippen LogP contribution in [0.1, 0.15) is 30.9 Å². The predicted octanol–water partition coefficient (Wildman–Crippen LogP) is 1.99. The van der Waals surface area contributed by atoms with Gasteiger partial charge in [-0.3, -0.25) is 5.43 Å². The van der Waals surface area contributed by atoms with Crippen LogP contribution in [0.3, 0.4) is 0 Å². The number of rotatable bonds is 4. The minimum Gasteiger partial charge on any atom is -0.387 e. The normalized spacial score (nSPS) is 18.8. The molecule has 1 aromatic carbocycles. The average molecular weight is 256 g/mol. The zero-order valence-electron chi connectivity index (χ0n) is 10.2. The summed E-state index contributed by atoms with van der Waals surface area (Å²) in [6.07, 6.45) is 2.53. The monoisotopic (exact) mass is 256 g/mol. The molecule has 0 spiro atoms. The molecule has 1 aromatic rings. The van der Waals surface area contributed by atoms with Crippen LogP contribution in [0, 0.1) is 11.6 Å². The molecule has 0 radical (unpaired) electrons. The fraction of sp³-hybridized carbons (Fsp3) is 0.538. The molecule has 1 unspecified atom stereocenters. The zero-order valence-corrected chi connectivity index (χ0v) is 10.2. The summed E-state index contributed by atoms with van der Waals surface area (Å²) in [6, 6.07) is 3.23. The number of nitrogens with zero attached hydrogens (tertiary/aromatic N) is 1. The Labute approximate surface area is 105 Å². The molecule has 0 bridgehead atoms. The molecule has 0 aliphatic carbocycles. The van der Waals surface area contributed by atoms with E-state index in [1.807, 2.05) is 5.01 Å². The first-order valence-corrected chi connectivity index (χ1v) is 6.28. The molecule has 1 fully saturated rings. The van der Waals surface area contributed by atoms with Gasteiger partial charge in [0, 0.05) is 31.3 Å². The summed E-state index contributed by atoms with van der Waals surface area (Å²) in [6.45, 7) is 2.12. The molecule has 1 atom stereocenters. The Kier molecular flexibility index (Phi) is 4.63. The van der Waals surface area contributed by atoms with Crippen molar-refractivity contribution in [2.75, 3.05) is 19.6 Å². The van der Waals surface area contributed by atoms with Gasteiger partial charge in [0.25, 0.3) is 0 Å². The number of aliphatic hydroxyl groups excluding tert-OH is 1. The molecule has 5 heteroatoms. The van der Waals surface area contributed by atoms with Crippen LogP contribution in [0.15, 0.2) is 18.2 Å². The zero-order chi connectivity index (χ0) is 13.0. The standard InChI is InChI=1S/C13H18F2N2O/c14-10-4-5-11(12(15)8-10)13(18)9-16-17-6-2-1-3-7-17/h4-5,8,13,16,18H,1-3,6-7,9H2. The van der Waals surface area contributed by atoms with Crippen LogP contribution < -0.4 is 5.43 Å². The molecule has 100 valence electrons. The van der Waals surface area contributed by atoms with Gasteiger partial charge < -0.3 is 5.11 Å². The van der Waals surface area contributed by atoms with Gasteiger partial charge in [0.2, 0.25) is 0 Å². The van der Waals surface area contributed by atoms with E-state index in [0.717, 1.165) is 38.1 Å². The molecular weight excluding hydrogens is 238 g/mol. The Morgan fingerprint density at radius 1 is 1.22 bits per heavy atom. The molecule has 0 amide bonds. The molecule has 1 heterocycles. The van der Waals surface area contributed by atoms with Crippen molar-refractivity contribution in [1.29, 1.82) is 0 Å². The molecule has 1 aliphatic heterocycles. The summed E-state index contributed by atoms with van der Waals surface area (Å²) in [5.41, 5.74) is 3.21. The van der Waals surface area contributed by atoms with Gasteiger partial charge in [0.15, 0.2) is 0 Å². The minimum atomic E-state index is -0.965. The summed E-state index contributed by atoms with van der Waals surface area (Å²) in [5, 5.41) is 11.9. The highest BCUT2D eigenvalue weighted by Crippen LogP contribution is 2.17. The van der Waals surface area contributed by atoms with Crippen LogP contribution in [0.4, 0.5) is 8.78 Å². The number of aliphatic hydroxyl groups is 1. The van der Waals surface area contributed by atoms with Crippen molar-refractivity contribution in [3.8, 4) is 0 Å². The van der Waals surface area contributed by atoms with Gasteiger partial charge in [-0.05, 0) is 18.9 Å². The Bertz CT molecular complexity index is 395. The summed E-state index contributed by atoms with van der Waals surface area (Å²) in [5.74, 6) is -1.34. The lowest BCUT2D eigenvalue weighted by molar-refractivity contribution is 0.0978. The van der Waals surface area contributed by atoms with Crippen LogP contribution in [-0.4, -0.2) is 29.7 Å². The Morgan fingerprint density at radius 3 is 2.61 bits per heavy atom. The van der Waals surface area contributed by atoms with Crippen molar-refractivity contribution in [2.24, 2.45) is 0 Å². The second kappa shape index (κ2) is 6.22. The lowest BCUT2D eigenvalue weighted by Gasteiger charge is -2.28. The highest BCUT2D eigenvalue weighted by molar-refractivity contribution is 5.21. The van der Waals surface area contributed by atoms with E-state index in [4.69, 9.17) is 0 Å². The fourth-order valence-corrected chi connectivity index (χ4v) is 2.15. The molecular formula is C13H18F2N2O. The van der Waals surface area contributed by atoms with Crippen molar-refractivity contribution in [3.63, 3.8) is 0 Å². The van der Waals surface area contributed by atoms with Gasteiger partial charge in [-0.25, -0.2) is 13.8 Å². The van der Waals surface area contributed by atoms with E-state index in [9.17, 15) is 13.9 Å². The summed E-state index contributed by atoms with van der Waals surface area (Å²) < 4.78 is 26.2. The number of hydrogen-bond acceptors (Lipinski definition) is 3. The van der Waals surface area contributed by atoms with Crippen LogP contribution in [0.2, 0.25) is 0 Å². The van der Waals surface area contributed by atoms with Crippen molar-refractivity contribution in [1.82, 2.24) is 10.4 Å². The van der Waals surface area contributed by atoms with Crippen LogP contribution >= 0.6 is 0 Å². The van der Waals surface area contributed by atoms with Crippen molar-refractivity contribution < 1.29 is 13.9 Å². The Balaban J connectivity index is 1.88. The Morgan fingerprint density at radius 2 is 1.94 bits per heavy atom. The Hall–Kier alpha value is -1.04. The van der Waals surface area contributed by atoms with Gasteiger partial charge in [-0.2, -0.15) is 0 Å². The van der Waals surface area contributed by atoms with Gasteiger partial charge in [0.1, 0.15) is 11.6 Å². The summed E-state index contributed by atoms with van der Waals surface area (Å²) in [7, 11) is 0. The third kappa shape index (κ3) is 3.48. The van der Waals surface area contributed by atoms with Gasteiger partial charge >= 0.3 is 0 Å². The number of hydrazine groups is 1. The van der Waals surface area contributed by atoms with Gasteiger partial charge in [-0.1, -0.05) is 12.5 Å². The van der Waals surface area contributed by atoms with E-state index in [0.29, 0.717) is 0 Å². The maximum Gasteiger partial charge on any atom is 0.131 e. The number of hydrogen-bond donors (Lipinski definition) is 2. The van der Waals surface area contributed by atoms with Crippen LogP contribution in [0.5, 0.6) is 0 Å². The highest BCUT2D eigenvalue weighted by atomic mass is 19.1. The third-order valence-electron chi connectivity index (χ3n) is 3.19. The first-order valence-electron chi connectivity index (χ1n) is 6.28. The van der Waals surface area contributed by atoms with Gasteiger partial charge in [0.05, 0.1) is 6.10 Å². The van der Waals surface area contributed by atoms with Gasteiger partial charge in [-0.15, -0.1) is 0 Å². The topological polar surface area (TPSA) is 35.5 Å². The van der Waals surface area contributed by atoms with Crippen LogP contribution in [0.25, 0.3) is 0 Å². The second-order valence-corrected chi connectivity index (χ2v) is 4.59. The smallest absolute Gasteiger partial charge is 0.131 e. The van der Waals surface area contributed by atoms with E-state index in [1.54, 1.807) is 0 Å². The third-order valence-corrected chi connectivity index (χ3v) is 3.19. The molecule has 2 rings (SSSR count). The predicted molar refractivity (Wildman–Crippen MR) is 64.7 cm³/mol. The van der Waals surface area contributed by atoms with E-state index >= 15 is 0 Å². The van der Waals surface area contributed by atoms with Crippen LogP contribution in [-0.2, 0) is 0 Å². The first-order chi connectivity index (χ1) is 8.66. The second-order valence-electron chi connectivity index (χ2n) is 4.59. The van der Waals surface area contributed by atoms with Crippen molar-refractivity contribution in [2.45, 2.75) is 25.4 Å². The van der Waals surface area contributed by atoms with Crippen molar-refractivity contribution >= 4 is 0 Å². The molecule has 3 nitrogen and oxygen atoms in total. The van der Waals surface area contributed by atoms with E-state index in [1.165, 1.54) is 12.5 Å². The molecule has 1 saturated heterocycles. The lowest BCUT2D eigenvalue weighted by atomic mass is 10.1. The number of piperidine rings is 1.